The van der Waals surface area contributed by atoms with Crippen LogP contribution in [0.2, 0.25) is 0 Å². The molecule has 0 radical (unpaired) electrons. The molecule has 0 bridgehead atoms. The van der Waals surface area contributed by atoms with Crippen molar-refractivity contribution in [2.75, 3.05) is 13.6 Å². The molecule has 24 heavy (non-hydrogen) atoms. The van der Waals surface area contributed by atoms with Crippen LogP contribution >= 0.6 is 12.4 Å². The van der Waals surface area contributed by atoms with E-state index in [2.05, 4.69) is 5.32 Å². The molecular formula is C17H19ClF3NOS. The van der Waals surface area contributed by atoms with Gasteiger partial charge in [-0.05, 0) is 56.3 Å². The van der Waals surface area contributed by atoms with Gasteiger partial charge in [0.25, 0.3) is 0 Å². The molecule has 2 rings (SSSR count). The average molecular weight is 378 g/mol. The number of halogens is 4. The van der Waals surface area contributed by atoms with Crippen molar-refractivity contribution in [3.05, 3.63) is 59.7 Å². The van der Waals surface area contributed by atoms with E-state index < -0.39 is 22.5 Å². The SMILES string of the molecule is CNCCCc1cccc(S(=O)c2ccccc2C(F)(F)F)c1.Cl. The van der Waals surface area contributed by atoms with Gasteiger partial charge in [0.15, 0.2) is 0 Å². The molecule has 2 aromatic rings. The van der Waals surface area contributed by atoms with Gasteiger partial charge in [-0.25, -0.2) is 4.21 Å². The number of alkyl halides is 3. The number of nitrogens with one attached hydrogen (secondary N) is 1. The third-order valence-electron chi connectivity index (χ3n) is 3.40. The van der Waals surface area contributed by atoms with Gasteiger partial charge in [0.05, 0.1) is 21.3 Å². The predicted octanol–water partition coefficient (Wildman–Crippen LogP) is 4.45. The maximum Gasteiger partial charge on any atom is 0.417 e. The molecule has 0 aliphatic rings. The largest absolute Gasteiger partial charge is 0.417 e. The molecule has 0 aliphatic carbocycles. The molecular weight excluding hydrogens is 359 g/mol. The van der Waals surface area contributed by atoms with Crippen LogP contribution in [-0.4, -0.2) is 17.8 Å². The van der Waals surface area contributed by atoms with Gasteiger partial charge in [-0.2, -0.15) is 13.2 Å². The van der Waals surface area contributed by atoms with E-state index in [1.807, 2.05) is 13.1 Å². The van der Waals surface area contributed by atoms with E-state index in [9.17, 15) is 17.4 Å². The second kappa shape index (κ2) is 9.20. The standard InChI is InChI=1S/C17H18F3NOS.ClH/c1-21-11-5-7-13-6-4-8-14(12-13)23(22)16-10-3-2-9-15(16)17(18,19)20;/h2-4,6,8-10,12,21H,5,7,11H2,1H3;1H. The number of hydrogen-bond acceptors (Lipinski definition) is 2. The smallest absolute Gasteiger partial charge is 0.320 e. The molecule has 0 spiro atoms. The monoisotopic (exact) mass is 377 g/mol. The molecule has 0 amide bonds. The summed E-state index contributed by atoms with van der Waals surface area (Å²) in [5.41, 5.74) is 0.120. The number of benzene rings is 2. The van der Waals surface area contributed by atoms with Gasteiger partial charge in [0.1, 0.15) is 0 Å². The topological polar surface area (TPSA) is 29.1 Å². The Balaban J connectivity index is 0.00000288. The highest BCUT2D eigenvalue weighted by atomic mass is 35.5. The van der Waals surface area contributed by atoms with Crippen molar-refractivity contribution >= 4 is 23.2 Å². The molecule has 0 fully saturated rings. The minimum Gasteiger partial charge on any atom is -0.320 e. The summed E-state index contributed by atoms with van der Waals surface area (Å²) in [6.45, 7) is 0.851. The van der Waals surface area contributed by atoms with Crippen LogP contribution in [0.15, 0.2) is 58.3 Å². The number of rotatable bonds is 6. The quantitative estimate of drug-likeness (QED) is 0.754. The Labute approximate surface area is 148 Å². The van der Waals surface area contributed by atoms with Crippen molar-refractivity contribution in [2.45, 2.75) is 28.8 Å². The summed E-state index contributed by atoms with van der Waals surface area (Å²) >= 11 is 0. The molecule has 1 unspecified atom stereocenters. The van der Waals surface area contributed by atoms with Crippen molar-refractivity contribution in [3.8, 4) is 0 Å². The fraction of sp³-hybridized carbons (Fsp3) is 0.294. The van der Waals surface area contributed by atoms with Crippen LogP contribution in [0.4, 0.5) is 13.2 Å². The number of hydrogen-bond donors (Lipinski definition) is 1. The predicted molar refractivity (Wildman–Crippen MR) is 92.1 cm³/mol. The maximum atomic E-state index is 13.1. The molecule has 0 saturated carbocycles. The minimum atomic E-state index is -4.52. The third-order valence-corrected chi connectivity index (χ3v) is 4.83. The Kier molecular flexibility index (Phi) is 7.93. The molecule has 0 saturated heterocycles. The Hall–Kier alpha value is -1.37. The Morgan fingerprint density at radius 1 is 1.08 bits per heavy atom. The van der Waals surface area contributed by atoms with Gasteiger partial charge in [-0.15, -0.1) is 12.4 Å². The summed E-state index contributed by atoms with van der Waals surface area (Å²) in [5, 5.41) is 3.04. The van der Waals surface area contributed by atoms with Gasteiger partial charge in [-0.3, -0.25) is 0 Å². The Bertz CT molecular complexity index is 692. The van der Waals surface area contributed by atoms with Crippen LogP contribution < -0.4 is 5.32 Å². The molecule has 7 heteroatoms. The second-order valence-corrected chi connectivity index (χ2v) is 6.57. The summed E-state index contributed by atoms with van der Waals surface area (Å²) in [7, 11) is 0.00261. The van der Waals surface area contributed by atoms with Crippen LogP contribution in [-0.2, 0) is 23.4 Å². The fourth-order valence-corrected chi connectivity index (χ4v) is 3.58. The van der Waals surface area contributed by atoms with E-state index in [-0.39, 0.29) is 17.3 Å². The van der Waals surface area contributed by atoms with E-state index in [0.29, 0.717) is 4.90 Å². The zero-order valence-corrected chi connectivity index (χ0v) is 14.7. The van der Waals surface area contributed by atoms with Crippen LogP contribution in [0.1, 0.15) is 17.5 Å². The highest BCUT2D eigenvalue weighted by Crippen LogP contribution is 2.34. The average Bonchev–Trinajstić information content (AvgIpc) is 2.54. The van der Waals surface area contributed by atoms with Gasteiger partial charge in [-0.1, -0.05) is 24.3 Å². The Morgan fingerprint density at radius 2 is 1.79 bits per heavy atom. The lowest BCUT2D eigenvalue weighted by Gasteiger charge is -2.12. The van der Waals surface area contributed by atoms with Crippen molar-refractivity contribution in [2.24, 2.45) is 0 Å². The first-order chi connectivity index (χ1) is 10.9. The summed E-state index contributed by atoms with van der Waals surface area (Å²) in [6, 6.07) is 12.0. The molecule has 1 N–H and O–H groups in total. The van der Waals surface area contributed by atoms with Gasteiger partial charge in [0.2, 0.25) is 0 Å². The van der Waals surface area contributed by atoms with E-state index in [1.54, 1.807) is 18.2 Å². The zero-order valence-electron chi connectivity index (χ0n) is 13.1. The van der Waals surface area contributed by atoms with E-state index in [0.717, 1.165) is 31.0 Å². The van der Waals surface area contributed by atoms with E-state index >= 15 is 0 Å². The molecule has 0 heterocycles. The molecule has 0 aliphatic heterocycles. The lowest BCUT2D eigenvalue weighted by atomic mass is 10.1. The molecule has 132 valence electrons. The van der Waals surface area contributed by atoms with Gasteiger partial charge in [0, 0.05) is 4.90 Å². The fourth-order valence-electron chi connectivity index (χ4n) is 2.28. The van der Waals surface area contributed by atoms with Gasteiger partial charge >= 0.3 is 6.18 Å². The lowest BCUT2D eigenvalue weighted by Crippen LogP contribution is -2.10. The lowest BCUT2D eigenvalue weighted by molar-refractivity contribution is -0.139. The summed E-state index contributed by atoms with van der Waals surface area (Å²) in [6.07, 6.45) is -2.82. The minimum absolute atomic E-state index is 0. The van der Waals surface area contributed by atoms with Gasteiger partial charge < -0.3 is 5.32 Å². The molecule has 2 nitrogen and oxygen atoms in total. The highest BCUT2D eigenvalue weighted by molar-refractivity contribution is 7.85. The molecule has 2 aromatic carbocycles. The summed E-state index contributed by atoms with van der Waals surface area (Å²) in [5.74, 6) is 0. The van der Waals surface area contributed by atoms with E-state index in [4.69, 9.17) is 0 Å². The molecule has 1 atom stereocenters. The maximum absolute atomic E-state index is 13.1. The number of aryl methyl sites for hydroxylation is 1. The second-order valence-electron chi connectivity index (χ2n) is 5.12. The molecule has 0 aromatic heterocycles. The van der Waals surface area contributed by atoms with Crippen molar-refractivity contribution < 1.29 is 17.4 Å². The van der Waals surface area contributed by atoms with Crippen molar-refractivity contribution in [1.82, 2.24) is 5.32 Å². The van der Waals surface area contributed by atoms with Crippen LogP contribution in [0, 0.1) is 0 Å². The highest BCUT2D eigenvalue weighted by Gasteiger charge is 2.34. The first-order valence-electron chi connectivity index (χ1n) is 7.25. The van der Waals surface area contributed by atoms with Crippen LogP contribution in [0.3, 0.4) is 0 Å². The summed E-state index contributed by atoms with van der Waals surface area (Å²) in [4.78, 5) is 0.191. The van der Waals surface area contributed by atoms with Crippen LogP contribution in [0.5, 0.6) is 0 Å². The zero-order chi connectivity index (χ0) is 16.9. The first kappa shape index (κ1) is 20.7. The normalized spacial score (nSPS) is 12.5. The van der Waals surface area contributed by atoms with E-state index in [1.165, 1.54) is 18.2 Å². The first-order valence-corrected chi connectivity index (χ1v) is 8.40. The third kappa shape index (κ3) is 5.33. The van der Waals surface area contributed by atoms with Crippen molar-refractivity contribution in [1.29, 1.82) is 0 Å². The van der Waals surface area contributed by atoms with Crippen molar-refractivity contribution in [3.63, 3.8) is 0 Å². The summed E-state index contributed by atoms with van der Waals surface area (Å²) < 4.78 is 51.8. The Morgan fingerprint density at radius 3 is 2.46 bits per heavy atom. The van der Waals surface area contributed by atoms with Crippen LogP contribution in [0.25, 0.3) is 0 Å².